The van der Waals surface area contributed by atoms with Gasteiger partial charge >= 0.3 is 0 Å². The molecule has 0 spiro atoms. The highest BCUT2D eigenvalue weighted by Crippen LogP contribution is 2.31. The zero-order valence-electron chi connectivity index (χ0n) is 12.6. The maximum atomic E-state index is 6.13. The first kappa shape index (κ1) is 16.3. The average molecular weight is 322 g/mol. The van der Waals surface area contributed by atoms with Gasteiger partial charge in [0.05, 0.1) is 5.02 Å². The van der Waals surface area contributed by atoms with E-state index in [9.17, 15) is 0 Å². The van der Waals surface area contributed by atoms with E-state index in [1.165, 1.54) is 17.3 Å². The monoisotopic (exact) mass is 321 g/mol. The van der Waals surface area contributed by atoms with Crippen LogP contribution in [0.1, 0.15) is 25.0 Å². The van der Waals surface area contributed by atoms with E-state index in [0.29, 0.717) is 10.9 Å². The first-order chi connectivity index (χ1) is 10.1. The Labute approximate surface area is 135 Å². The molecule has 0 aliphatic rings. The summed E-state index contributed by atoms with van der Waals surface area (Å²) in [6.07, 6.45) is 3.66. The minimum atomic E-state index is 0.653. The fourth-order valence-corrected chi connectivity index (χ4v) is 2.89. The SMILES string of the molecule is Cc1cc(CNCC(C)C)cnc1Sc1ncccc1Cl. The molecule has 0 aromatic carbocycles. The highest BCUT2D eigenvalue weighted by atomic mass is 35.5. The molecule has 0 atom stereocenters. The Morgan fingerprint density at radius 1 is 1.29 bits per heavy atom. The number of halogens is 1. The van der Waals surface area contributed by atoms with E-state index in [4.69, 9.17) is 11.6 Å². The van der Waals surface area contributed by atoms with Crippen molar-refractivity contribution in [1.29, 1.82) is 0 Å². The van der Waals surface area contributed by atoms with Gasteiger partial charge in [-0.05, 0) is 54.4 Å². The number of nitrogens with zero attached hydrogens (tertiary/aromatic N) is 2. The number of pyridine rings is 2. The maximum absolute atomic E-state index is 6.13. The zero-order valence-corrected chi connectivity index (χ0v) is 14.1. The number of nitrogens with one attached hydrogen (secondary N) is 1. The molecule has 3 nitrogen and oxygen atoms in total. The van der Waals surface area contributed by atoms with Crippen molar-refractivity contribution in [3.63, 3.8) is 0 Å². The van der Waals surface area contributed by atoms with E-state index in [-0.39, 0.29) is 0 Å². The molecular formula is C16H20ClN3S. The molecule has 21 heavy (non-hydrogen) atoms. The summed E-state index contributed by atoms with van der Waals surface area (Å²) in [6.45, 7) is 8.33. The summed E-state index contributed by atoms with van der Waals surface area (Å²) in [5, 5.41) is 5.82. The minimum Gasteiger partial charge on any atom is -0.312 e. The van der Waals surface area contributed by atoms with Crippen LogP contribution >= 0.6 is 23.4 Å². The van der Waals surface area contributed by atoms with Crippen LogP contribution < -0.4 is 5.32 Å². The fourth-order valence-electron chi connectivity index (χ4n) is 1.87. The van der Waals surface area contributed by atoms with Crippen molar-refractivity contribution in [1.82, 2.24) is 15.3 Å². The number of aryl methyl sites for hydroxylation is 1. The van der Waals surface area contributed by atoms with Gasteiger partial charge in [-0.25, -0.2) is 9.97 Å². The number of hydrogen-bond donors (Lipinski definition) is 1. The van der Waals surface area contributed by atoms with Crippen LogP contribution in [-0.2, 0) is 6.54 Å². The van der Waals surface area contributed by atoms with Gasteiger partial charge in [-0.1, -0.05) is 31.5 Å². The maximum Gasteiger partial charge on any atom is 0.121 e. The van der Waals surface area contributed by atoms with Crippen molar-refractivity contribution in [3.8, 4) is 0 Å². The molecule has 0 unspecified atom stereocenters. The molecule has 0 amide bonds. The van der Waals surface area contributed by atoms with Crippen molar-refractivity contribution in [2.75, 3.05) is 6.54 Å². The van der Waals surface area contributed by atoms with Gasteiger partial charge in [0.2, 0.25) is 0 Å². The van der Waals surface area contributed by atoms with Gasteiger partial charge in [0.15, 0.2) is 0 Å². The lowest BCUT2D eigenvalue weighted by atomic mass is 10.2. The number of rotatable bonds is 6. The van der Waals surface area contributed by atoms with Gasteiger partial charge < -0.3 is 5.32 Å². The average Bonchev–Trinajstić information content (AvgIpc) is 2.43. The second-order valence-electron chi connectivity index (χ2n) is 5.38. The van der Waals surface area contributed by atoms with E-state index < -0.39 is 0 Å². The summed E-state index contributed by atoms with van der Waals surface area (Å²) < 4.78 is 0. The Hall–Kier alpha value is -1.10. The van der Waals surface area contributed by atoms with E-state index in [1.807, 2.05) is 18.3 Å². The third kappa shape index (κ3) is 4.99. The van der Waals surface area contributed by atoms with Gasteiger partial charge in [-0.3, -0.25) is 0 Å². The topological polar surface area (TPSA) is 37.8 Å². The van der Waals surface area contributed by atoms with Crippen LogP contribution in [0.3, 0.4) is 0 Å². The molecule has 0 saturated heterocycles. The Morgan fingerprint density at radius 2 is 2.10 bits per heavy atom. The summed E-state index contributed by atoms with van der Waals surface area (Å²) in [5.41, 5.74) is 2.34. The molecule has 112 valence electrons. The largest absolute Gasteiger partial charge is 0.312 e. The normalized spacial score (nSPS) is 11.1. The smallest absolute Gasteiger partial charge is 0.121 e. The van der Waals surface area contributed by atoms with Crippen LogP contribution in [-0.4, -0.2) is 16.5 Å². The van der Waals surface area contributed by atoms with Crippen molar-refractivity contribution in [2.45, 2.75) is 37.4 Å². The number of hydrogen-bond acceptors (Lipinski definition) is 4. The molecule has 0 radical (unpaired) electrons. The third-order valence-electron chi connectivity index (χ3n) is 2.89. The lowest BCUT2D eigenvalue weighted by Crippen LogP contribution is -2.19. The number of aromatic nitrogens is 2. The summed E-state index contributed by atoms with van der Waals surface area (Å²) in [7, 11) is 0. The van der Waals surface area contributed by atoms with E-state index in [2.05, 4.69) is 42.1 Å². The van der Waals surface area contributed by atoms with Crippen LogP contribution in [0.15, 0.2) is 40.6 Å². The Bertz CT molecular complexity index is 602. The predicted molar refractivity (Wildman–Crippen MR) is 88.9 cm³/mol. The van der Waals surface area contributed by atoms with E-state index >= 15 is 0 Å². The highest BCUT2D eigenvalue weighted by molar-refractivity contribution is 7.99. The fraction of sp³-hybridized carbons (Fsp3) is 0.375. The summed E-state index contributed by atoms with van der Waals surface area (Å²) >= 11 is 7.64. The zero-order chi connectivity index (χ0) is 15.2. The highest BCUT2D eigenvalue weighted by Gasteiger charge is 2.08. The van der Waals surface area contributed by atoms with Crippen LogP contribution in [0.5, 0.6) is 0 Å². The second kappa shape index (κ2) is 7.78. The van der Waals surface area contributed by atoms with Gasteiger partial charge in [-0.2, -0.15) is 0 Å². The first-order valence-corrected chi connectivity index (χ1v) is 8.20. The summed E-state index contributed by atoms with van der Waals surface area (Å²) in [6, 6.07) is 5.84. The van der Waals surface area contributed by atoms with Crippen LogP contribution in [0, 0.1) is 12.8 Å². The van der Waals surface area contributed by atoms with Crippen molar-refractivity contribution >= 4 is 23.4 Å². The Morgan fingerprint density at radius 3 is 2.76 bits per heavy atom. The molecule has 0 aliphatic heterocycles. The van der Waals surface area contributed by atoms with Gasteiger partial charge in [0.25, 0.3) is 0 Å². The Balaban J connectivity index is 2.04. The van der Waals surface area contributed by atoms with E-state index in [1.54, 1.807) is 6.20 Å². The van der Waals surface area contributed by atoms with Crippen LogP contribution in [0.4, 0.5) is 0 Å². The van der Waals surface area contributed by atoms with Crippen molar-refractivity contribution < 1.29 is 0 Å². The molecule has 0 bridgehead atoms. The van der Waals surface area contributed by atoms with Crippen LogP contribution in [0.25, 0.3) is 0 Å². The molecule has 5 heteroatoms. The predicted octanol–water partition coefficient (Wildman–Crippen LogP) is 4.34. The minimum absolute atomic E-state index is 0.653. The molecule has 1 N–H and O–H groups in total. The molecule has 0 fully saturated rings. The van der Waals surface area contributed by atoms with Gasteiger partial charge in [0.1, 0.15) is 10.1 Å². The summed E-state index contributed by atoms with van der Waals surface area (Å²) in [4.78, 5) is 8.82. The third-order valence-corrected chi connectivity index (χ3v) is 4.44. The lowest BCUT2D eigenvalue weighted by Gasteiger charge is -2.10. The standard InChI is InChI=1S/C16H20ClN3S/c1-11(2)8-18-9-13-7-12(3)15(20-10-13)21-16-14(17)5-4-6-19-16/h4-7,10-11,18H,8-9H2,1-3H3. The molecule has 0 aliphatic carbocycles. The molecule has 0 saturated carbocycles. The molecule has 2 aromatic heterocycles. The van der Waals surface area contributed by atoms with Gasteiger partial charge in [0, 0.05) is 18.9 Å². The van der Waals surface area contributed by atoms with Crippen molar-refractivity contribution in [2.24, 2.45) is 5.92 Å². The van der Waals surface area contributed by atoms with Gasteiger partial charge in [-0.15, -0.1) is 0 Å². The molecule has 2 heterocycles. The molecular weight excluding hydrogens is 302 g/mol. The molecule has 2 aromatic rings. The quantitative estimate of drug-likeness (QED) is 0.859. The van der Waals surface area contributed by atoms with E-state index in [0.717, 1.165) is 28.7 Å². The van der Waals surface area contributed by atoms with Crippen molar-refractivity contribution in [3.05, 3.63) is 46.7 Å². The lowest BCUT2D eigenvalue weighted by molar-refractivity contribution is 0.551. The molecule has 2 rings (SSSR count). The Kier molecular flexibility index (Phi) is 6.03. The summed E-state index contributed by atoms with van der Waals surface area (Å²) in [5.74, 6) is 0.653. The van der Waals surface area contributed by atoms with Crippen LogP contribution in [0.2, 0.25) is 5.02 Å². The second-order valence-corrected chi connectivity index (χ2v) is 6.77. The first-order valence-electron chi connectivity index (χ1n) is 7.01.